The van der Waals surface area contributed by atoms with Gasteiger partial charge >= 0.3 is 33.9 Å². The molecule has 0 bridgehead atoms. The second kappa shape index (κ2) is 15.6. The predicted molar refractivity (Wildman–Crippen MR) is 128 cm³/mol. The van der Waals surface area contributed by atoms with Crippen molar-refractivity contribution in [3.8, 4) is 11.5 Å². The summed E-state index contributed by atoms with van der Waals surface area (Å²) in [6.07, 6.45) is 3.04. The van der Waals surface area contributed by atoms with Crippen molar-refractivity contribution < 1.29 is 45.2 Å². The van der Waals surface area contributed by atoms with Crippen LogP contribution in [-0.2, 0) is 47.8 Å². The molecule has 1 aromatic carbocycles. The van der Waals surface area contributed by atoms with E-state index in [-0.39, 0.29) is 17.4 Å². The van der Waals surface area contributed by atoms with Crippen LogP contribution in [0, 0.1) is 20.0 Å². The number of methoxy groups -OCH3 is 2. The zero-order chi connectivity index (χ0) is 25.9. The summed E-state index contributed by atoms with van der Waals surface area (Å²) in [4.78, 5) is 0. The summed E-state index contributed by atoms with van der Waals surface area (Å²) in [5.41, 5.74) is 3.17. The molecule has 1 aromatic rings. The first-order chi connectivity index (χ1) is 14.9. The van der Waals surface area contributed by atoms with Gasteiger partial charge in [-0.05, 0) is 62.2 Å². The largest absolute Gasteiger partial charge is 0 e. The Kier molecular flexibility index (Phi) is 17.1. The van der Waals surface area contributed by atoms with Crippen LogP contribution in [0.15, 0.2) is 18.2 Å². The summed E-state index contributed by atoms with van der Waals surface area (Å²) < 4.78 is 41.1. The van der Waals surface area contributed by atoms with Crippen LogP contribution in [0.25, 0.3) is 0 Å². The molecule has 1 aliphatic carbocycles. The molecule has 0 spiro atoms. The Morgan fingerprint density at radius 1 is 0.939 bits per heavy atom. The monoisotopic (exact) mass is 528 g/mol. The van der Waals surface area contributed by atoms with E-state index in [9.17, 15) is 0 Å². The van der Waals surface area contributed by atoms with Gasteiger partial charge in [-0.3, -0.25) is 0 Å². The summed E-state index contributed by atoms with van der Waals surface area (Å²) in [5.74, 6) is 1.81. The molecule has 2 rings (SSSR count). The van der Waals surface area contributed by atoms with Gasteiger partial charge < -0.3 is 13.9 Å². The average molecular weight is 529 g/mol. The first-order valence-corrected chi connectivity index (χ1v) is 17.0. The molecule has 0 amide bonds. The molecule has 6 nitrogen and oxygen atoms in total. The summed E-state index contributed by atoms with van der Waals surface area (Å²) in [5, 5.41) is 1.29. The molecule has 9 heteroatoms. The number of rotatable bonds is 6. The minimum Gasteiger partial charge on any atom is 0 e. The third-order valence-electron chi connectivity index (χ3n) is 5.12. The molecule has 0 saturated carbocycles. The zero-order valence-electron chi connectivity index (χ0n) is 21.3. The summed E-state index contributed by atoms with van der Waals surface area (Å²) in [6.45, 7) is 33.8. The number of hydrogen-bond acceptors (Lipinski definition) is 3. The smallest absolute Gasteiger partial charge is 0 e. The Balaban J connectivity index is -0.00000119. The molecule has 0 unspecified atom stereocenters. The van der Waals surface area contributed by atoms with Gasteiger partial charge in [0.15, 0.2) is 19.8 Å². The van der Waals surface area contributed by atoms with Crippen molar-refractivity contribution in [2.45, 2.75) is 71.1 Å². The molecule has 0 heterocycles. The van der Waals surface area contributed by atoms with Gasteiger partial charge in [0.05, 0.1) is 22.3 Å². The van der Waals surface area contributed by atoms with Crippen molar-refractivity contribution in [2.75, 3.05) is 14.2 Å². The fourth-order valence-corrected chi connectivity index (χ4v) is 6.98. The fourth-order valence-electron chi connectivity index (χ4n) is 4.07. The molecule has 0 fully saturated rings. The topological polar surface area (TPSA) is 87.4 Å². The van der Waals surface area contributed by atoms with Gasteiger partial charge in [0.25, 0.3) is 0 Å². The molecule has 0 N–H and O–H groups in total. The third-order valence-corrected chi connectivity index (χ3v) is 8.06. The number of ether oxygens (including phenoxy) is 2. The maximum atomic E-state index is 7.50. The summed E-state index contributed by atoms with van der Waals surface area (Å²) in [6, 6.07) is 2.36. The summed E-state index contributed by atoms with van der Waals surface area (Å²) in [7, 11) is 0.0807. The average Bonchev–Trinajstić information content (AvgIpc) is 2.74. The van der Waals surface area contributed by atoms with Crippen LogP contribution >= 0.6 is 0 Å². The molecule has 182 valence electrons. The van der Waals surface area contributed by atoms with Crippen LogP contribution in [0.5, 0.6) is 11.5 Å². The molecular weight excluding hydrogens is 492 g/mol. The van der Waals surface area contributed by atoms with Gasteiger partial charge in [-0.1, -0.05) is 32.3 Å². The van der Waals surface area contributed by atoms with E-state index in [0.717, 1.165) is 36.3 Å². The van der Waals surface area contributed by atoms with Crippen LogP contribution < -0.4 is 14.7 Å². The minimum atomic E-state index is -1.78. The van der Waals surface area contributed by atoms with E-state index in [1.807, 2.05) is 0 Å². The Labute approximate surface area is 212 Å². The third kappa shape index (κ3) is 8.77. The Morgan fingerprint density at radius 3 is 1.73 bits per heavy atom. The molecule has 0 aliphatic heterocycles. The van der Waals surface area contributed by atoms with E-state index in [1.54, 1.807) is 14.2 Å². The standard InChI is InChI=1S/C21H36O3Si2.3CO.Cr/c1-15(2)21(24-26(8,9)10)13-11-12-16-17(21)14-18(25(5,6)7)20(23-4)19(16)22-3;3*1-2;/h14H,1,11-13H2,2-10H3;;;;/t21-;;;;/m1..../s1. The van der Waals surface area contributed by atoms with Crippen molar-refractivity contribution in [3.05, 3.63) is 49.3 Å². The van der Waals surface area contributed by atoms with E-state index in [1.165, 1.54) is 16.3 Å². The zero-order valence-corrected chi connectivity index (χ0v) is 24.5. The van der Waals surface area contributed by atoms with E-state index < -0.39 is 22.0 Å². The van der Waals surface area contributed by atoms with Gasteiger partial charge in [-0.2, -0.15) is 0 Å². The van der Waals surface area contributed by atoms with E-state index in [2.05, 4.69) is 78.8 Å². The van der Waals surface area contributed by atoms with Crippen LogP contribution in [0.4, 0.5) is 0 Å². The SMILES string of the molecule is C=C(C)[C@]1(O[Si](C)(C)C)CCCc2c1cc([Si](C)(C)C)c(OC)c2OC.[C-]#[O+].[C-]#[O+].[C-]#[O+].[Cr]. The second-order valence-corrected chi connectivity index (χ2v) is 18.9. The Bertz CT molecular complexity index is 820. The molecule has 0 saturated heterocycles. The van der Waals surface area contributed by atoms with Crippen LogP contribution in [0.2, 0.25) is 39.3 Å². The molecule has 0 radical (unpaired) electrons. The Morgan fingerprint density at radius 2 is 1.39 bits per heavy atom. The number of hydrogen-bond donors (Lipinski definition) is 0. The van der Waals surface area contributed by atoms with Crippen molar-refractivity contribution in [1.29, 1.82) is 0 Å². The molecule has 1 atom stereocenters. The van der Waals surface area contributed by atoms with Crippen molar-refractivity contribution in [2.24, 2.45) is 0 Å². The quantitative estimate of drug-likeness (QED) is 0.223. The molecule has 33 heavy (non-hydrogen) atoms. The van der Waals surface area contributed by atoms with Gasteiger partial charge in [-0.15, -0.1) is 0 Å². The Hall–Kier alpha value is -1.29. The van der Waals surface area contributed by atoms with Gasteiger partial charge in [0.2, 0.25) is 0 Å². The first kappa shape index (κ1) is 36.3. The van der Waals surface area contributed by atoms with Crippen LogP contribution in [0.3, 0.4) is 0 Å². The van der Waals surface area contributed by atoms with Crippen molar-refractivity contribution >= 4 is 21.6 Å². The van der Waals surface area contributed by atoms with Crippen molar-refractivity contribution in [3.63, 3.8) is 0 Å². The maximum Gasteiger partial charge on any atom is 0 e. The summed E-state index contributed by atoms with van der Waals surface area (Å²) >= 11 is 0. The van der Waals surface area contributed by atoms with Crippen LogP contribution in [-0.4, -0.2) is 30.6 Å². The predicted octanol–water partition coefficient (Wildman–Crippen LogP) is 5.09. The van der Waals surface area contributed by atoms with Gasteiger partial charge in [0.1, 0.15) is 5.60 Å². The molecular formula is C24H36CrO6Si2. The molecule has 0 aromatic heterocycles. The first-order valence-electron chi connectivity index (χ1n) is 10.1. The van der Waals surface area contributed by atoms with Gasteiger partial charge in [0, 0.05) is 22.9 Å². The normalized spacial score (nSPS) is 16.3. The fraction of sp³-hybridized carbons (Fsp3) is 0.542. The van der Waals surface area contributed by atoms with E-state index in [4.69, 9.17) is 27.9 Å². The maximum absolute atomic E-state index is 7.50. The van der Waals surface area contributed by atoms with E-state index >= 15 is 0 Å². The molecule has 1 aliphatic rings. The van der Waals surface area contributed by atoms with Gasteiger partial charge in [-0.25, -0.2) is 0 Å². The minimum absolute atomic E-state index is 0. The number of benzene rings is 1. The number of fused-ring (bicyclic) bond motifs is 1. The van der Waals surface area contributed by atoms with Crippen LogP contribution in [0.1, 0.15) is 30.9 Å². The second-order valence-electron chi connectivity index (χ2n) is 9.44. The van der Waals surface area contributed by atoms with E-state index in [0.29, 0.717) is 0 Å². The van der Waals surface area contributed by atoms with Crippen molar-refractivity contribution in [1.82, 2.24) is 0 Å².